The second-order valence-electron chi connectivity index (χ2n) is 5.96. The third kappa shape index (κ3) is 8.11. The van der Waals surface area contributed by atoms with Crippen LogP contribution in [0.5, 0.6) is 0 Å². The minimum Gasteiger partial charge on any atom is -0.350 e. The maximum absolute atomic E-state index is 12.5. The molecule has 1 unspecified atom stereocenters. The monoisotopic (exact) mass is 306 g/mol. The van der Waals surface area contributed by atoms with Crippen LogP contribution in [-0.4, -0.2) is 35.5 Å². The first-order valence-electron chi connectivity index (χ1n) is 7.97. The zero-order valence-corrected chi connectivity index (χ0v) is 15.1. The van der Waals surface area contributed by atoms with Crippen LogP contribution in [0.4, 0.5) is 0 Å². The van der Waals surface area contributed by atoms with E-state index in [-0.39, 0.29) is 29.9 Å². The molecule has 1 N–H and O–H groups in total. The highest BCUT2D eigenvalue weighted by molar-refractivity contribution is 5.85. The van der Waals surface area contributed by atoms with Gasteiger partial charge in [0.05, 0.1) is 6.04 Å². The van der Waals surface area contributed by atoms with Gasteiger partial charge in [-0.15, -0.1) is 12.4 Å². The standard InChI is InChI=1S/C16H34N2O.ClH/c1-7-11-12-13-14(18(9-3)10-4)15(19)17-16(5,6)8-2;/h14H,7-13H2,1-6H3,(H,17,19);1H. The number of unbranched alkanes of at least 4 members (excludes halogenated alkanes) is 2. The fraction of sp³-hybridized carbons (Fsp3) is 0.938. The minimum absolute atomic E-state index is 0. The number of likely N-dealkylation sites (N-methyl/N-ethyl adjacent to an activating group) is 1. The summed E-state index contributed by atoms with van der Waals surface area (Å²) in [5.74, 6) is 0.201. The van der Waals surface area contributed by atoms with Crippen molar-refractivity contribution in [1.29, 1.82) is 0 Å². The average molecular weight is 307 g/mol. The Labute approximate surface area is 132 Å². The molecule has 0 spiro atoms. The number of amides is 1. The summed E-state index contributed by atoms with van der Waals surface area (Å²) in [7, 11) is 0. The van der Waals surface area contributed by atoms with Crippen LogP contribution in [0.2, 0.25) is 0 Å². The molecule has 4 heteroatoms. The largest absolute Gasteiger partial charge is 0.350 e. The van der Waals surface area contributed by atoms with Crippen molar-refractivity contribution in [3.05, 3.63) is 0 Å². The van der Waals surface area contributed by atoms with Crippen molar-refractivity contribution in [2.24, 2.45) is 0 Å². The molecule has 0 aromatic carbocycles. The zero-order valence-electron chi connectivity index (χ0n) is 14.3. The molecule has 0 bridgehead atoms. The van der Waals surface area contributed by atoms with Crippen LogP contribution in [0.1, 0.15) is 73.6 Å². The number of carbonyl (C=O) groups excluding carboxylic acids is 1. The smallest absolute Gasteiger partial charge is 0.237 e. The van der Waals surface area contributed by atoms with Crippen LogP contribution in [0.3, 0.4) is 0 Å². The van der Waals surface area contributed by atoms with Gasteiger partial charge in [-0.2, -0.15) is 0 Å². The van der Waals surface area contributed by atoms with Crippen molar-refractivity contribution in [2.75, 3.05) is 13.1 Å². The highest BCUT2D eigenvalue weighted by atomic mass is 35.5. The maximum atomic E-state index is 12.5. The summed E-state index contributed by atoms with van der Waals surface area (Å²) in [6.45, 7) is 14.6. The normalized spacial score (nSPS) is 12.9. The van der Waals surface area contributed by atoms with Gasteiger partial charge >= 0.3 is 0 Å². The lowest BCUT2D eigenvalue weighted by Gasteiger charge is -2.33. The Balaban J connectivity index is 0. The van der Waals surface area contributed by atoms with Gasteiger partial charge < -0.3 is 5.32 Å². The van der Waals surface area contributed by atoms with Gasteiger partial charge in [-0.25, -0.2) is 0 Å². The summed E-state index contributed by atoms with van der Waals surface area (Å²) in [6.07, 6.45) is 5.48. The molecule has 0 saturated carbocycles. The van der Waals surface area contributed by atoms with Crippen molar-refractivity contribution in [1.82, 2.24) is 10.2 Å². The van der Waals surface area contributed by atoms with E-state index in [1.165, 1.54) is 12.8 Å². The van der Waals surface area contributed by atoms with Crippen LogP contribution in [-0.2, 0) is 4.79 Å². The molecule has 0 saturated heterocycles. The maximum Gasteiger partial charge on any atom is 0.237 e. The Morgan fingerprint density at radius 3 is 2.05 bits per heavy atom. The van der Waals surface area contributed by atoms with Gasteiger partial charge in [0.15, 0.2) is 0 Å². The number of rotatable bonds is 10. The second kappa shape index (κ2) is 11.4. The fourth-order valence-corrected chi connectivity index (χ4v) is 2.24. The SMILES string of the molecule is CCCCCC(C(=O)NC(C)(C)CC)N(CC)CC.Cl. The average Bonchev–Trinajstić information content (AvgIpc) is 2.37. The summed E-state index contributed by atoms with van der Waals surface area (Å²) in [5.41, 5.74) is -0.104. The molecule has 122 valence electrons. The van der Waals surface area contributed by atoms with E-state index in [1.54, 1.807) is 0 Å². The molecular weight excluding hydrogens is 272 g/mol. The van der Waals surface area contributed by atoms with Gasteiger partial charge in [-0.1, -0.05) is 47.0 Å². The molecule has 0 rings (SSSR count). The zero-order chi connectivity index (χ0) is 14.9. The highest BCUT2D eigenvalue weighted by Crippen LogP contribution is 2.14. The predicted octanol–water partition coefficient (Wildman–Crippen LogP) is 4.00. The molecule has 0 aromatic rings. The van der Waals surface area contributed by atoms with E-state index in [4.69, 9.17) is 0 Å². The summed E-state index contributed by atoms with van der Waals surface area (Å²) in [6, 6.07) is 0.0346. The molecule has 0 aliphatic heterocycles. The summed E-state index contributed by atoms with van der Waals surface area (Å²) >= 11 is 0. The van der Waals surface area contributed by atoms with Crippen molar-refractivity contribution in [3.63, 3.8) is 0 Å². The van der Waals surface area contributed by atoms with E-state index < -0.39 is 0 Å². The fourth-order valence-electron chi connectivity index (χ4n) is 2.24. The molecule has 0 radical (unpaired) electrons. The van der Waals surface area contributed by atoms with Crippen molar-refractivity contribution in [2.45, 2.75) is 85.2 Å². The van der Waals surface area contributed by atoms with Gasteiger partial charge in [0.25, 0.3) is 0 Å². The van der Waals surface area contributed by atoms with E-state index >= 15 is 0 Å². The number of nitrogens with zero attached hydrogens (tertiary/aromatic N) is 1. The van der Waals surface area contributed by atoms with E-state index in [1.807, 2.05) is 0 Å². The predicted molar refractivity (Wildman–Crippen MR) is 90.6 cm³/mol. The summed E-state index contributed by atoms with van der Waals surface area (Å²) < 4.78 is 0. The Bertz CT molecular complexity index is 253. The number of carbonyl (C=O) groups is 1. The van der Waals surface area contributed by atoms with E-state index in [0.29, 0.717) is 0 Å². The minimum atomic E-state index is -0.104. The number of halogens is 1. The molecular formula is C16H35ClN2O. The number of hydrogen-bond acceptors (Lipinski definition) is 2. The quantitative estimate of drug-likeness (QED) is 0.619. The summed E-state index contributed by atoms with van der Waals surface area (Å²) in [5, 5.41) is 3.20. The lowest BCUT2D eigenvalue weighted by atomic mass is 9.99. The molecule has 1 atom stereocenters. The van der Waals surface area contributed by atoms with Crippen molar-refractivity contribution < 1.29 is 4.79 Å². The van der Waals surface area contributed by atoms with Crippen molar-refractivity contribution >= 4 is 18.3 Å². The summed E-state index contributed by atoms with van der Waals surface area (Å²) in [4.78, 5) is 14.8. The van der Waals surface area contributed by atoms with Gasteiger partial charge in [-0.3, -0.25) is 9.69 Å². The molecule has 20 heavy (non-hydrogen) atoms. The van der Waals surface area contributed by atoms with E-state index in [2.05, 4.69) is 51.8 Å². The van der Waals surface area contributed by atoms with Crippen LogP contribution in [0.25, 0.3) is 0 Å². The first-order chi connectivity index (χ1) is 8.91. The molecule has 3 nitrogen and oxygen atoms in total. The second-order valence-corrected chi connectivity index (χ2v) is 5.96. The first-order valence-corrected chi connectivity index (χ1v) is 7.97. The van der Waals surface area contributed by atoms with Crippen LogP contribution in [0, 0.1) is 0 Å². The van der Waals surface area contributed by atoms with Crippen molar-refractivity contribution in [3.8, 4) is 0 Å². The van der Waals surface area contributed by atoms with Gasteiger partial charge in [0, 0.05) is 5.54 Å². The Morgan fingerprint density at radius 1 is 1.10 bits per heavy atom. The Hall–Kier alpha value is -0.280. The molecule has 0 aromatic heterocycles. The molecule has 0 heterocycles. The van der Waals surface area contributed by atoms with Gasteiger partial charge in [0.2, 0.25) is 5.91 Å². The topological polar surface area (TPSA) is 32.3 Å². The molecule has 1 amide bonds. The number of nitrogens with one attached hydrogen (secondary N) is 1. The van der Waals surface area contributed by atoms with Crippen LogP contribution >= 0.6 is 12.4 Å². The highest BCUT2D eigenvalue weighted by Gasteiger charge is 2.27. The third-order valence-electron chi connectivity index (χ3n) is 3.98. The lowest BCUT2D eigenvalue weighted by Crippen LogP contribution is -2.53. The molecule has 0 aliphatic carbocycles. The van der Waals surface area contributed by atoms with Gasteiger partial charge in [0.1, 0.15) is 0 Å². The van der Waals surface area contributed by atoms with Crippen LogP contribution in [0.15, 0.2) is 0 Å². The Morgan fingerprint density at radius 2 is 1.65 bits per heavy atom. The van der Waals surface area contributed by atoms with E-state index in [0.717, 1.165) is 32.4 Å². The third-order valence-corrected chi connectivity index (χ3v) is 3.98. The van der Waals surface area contributed by atoms with E-state index in [9.17, 15) is 4.79 Å². The lowest BCUT2D eigenvalue weighted by molar-refractivity contribution is -0.128. The number of hydrogen-bond donors (Lipinski definition) is 1. The van der Waals surface area contributed by atoms with Crippen LogP contribution < -0.4 is 5.32 Å². The Kier molecular flexibility index (Phi) is 12.5. The molecule has 0 fully saturated rings. The van der Waals surface area contributed by atoms with Gasteiger partial charge in [-0.05, 0) is 39.8 Å². The molecule has 0 aliphatic rings. The first kappa shape index (κ1) is 22.0.